The molecule has 1 nitrogen and oxygen atoms in total. The summed E-state index contributed by atoms with van der Waals surface area (Å²) in [6, 6.07) is 9.47. The first-order chi connectivity index (χ1) is 9.83. The van der Waals surface area contributed by atoms with Gasteiger partial charge in [-0.3, -0.25) is 0 Å². The van der Waals surface area contributed by atoms with Crippen molar-refractivity contribution in [1.82, 2.24) is 0 Å². The van der Waals surface area contributed by atoms with Gasteiger partial charge < -0.3 is 5.32 Å². The maximum Gasteiger partial charge on any atom is 0.0928 e. The molecule has 1 heterocycles. The molecule has 1 aromatic rings. The molecule has 1 aliphatic carbocycles. The summed E-state index contributed by atoms with van der Waals surface area (Å²) in [5.74, 6) is 1.70. The summed E-state index contributed by atoms with van der Waals surface area (Å²) < 4.78 is 0. The minimum atomic E-state index is 0.732. The molecule has 1 aromatic carbocycles. The molecule has 0 radical (unpaired) electrons. The molecule has 20 heavy (non-hydrogen) atoms. The fraction of sp³-hybridized carbons (Fsp3) is 0.667. The van der Waals surface area contributed by atoms with Crippen LogP contribution in [-0.2, 0) is 0 Å². The van der Waals surface area contributed by atoms with Crippen LogP contribution in [-0.4, -0.2) is 12.6 Å². The van der Waals surface area contributed by atoms with Crippen molar-refractivity contribution < 1.29 is 5.32 Å². The summed E-state index contributed by atoms with van der Waals surface area (Å²) in [5.41, 5.74) is 1.52. The molecule has 2 N–H and O–H groups in total. The Morgan fingerprint density at radius 2 is 1.70 bits per heavy atom. The highest BCUT2D eigenvalue weighted by Gasteiger charge is 2.31. The number of rotatable bonds is 4. The quantitative estimate of drug-likeness (QED) is 0.860. The van der Waals surface area contributed by atoms with E-state index in [9.17, 15) is 0 Å². The molecule has 2 atom stereocenters. The van der Waals surface area contributed by atoms with E-state index in [1.54, 1.807) is 0 Å². The highest BCUT2D eigenvalue weighted by molar-refractivity contribution is 6.30. The third-order valence-corrected chi connectivity index (χ3v) is 5.59. The van der Waals surface area contributed by atoms with E-state index in [4.69, 9.17) is 11.6 Å². The zero-order chi connectivity index (χ0) is 13.8. The second-order valence-corrected chi connectivity index (χ2v) is 7.16. The molecule has 2 fully saturated rings. The van der Waals surface area contributed by atoms with Gasteiger partial charge in [0.05, 0.1) is 12.6 Å². The van der Waals surface area contributed by atoms with E-state index in [0.29, 0.717) is 0 Å². The molecular formula is C18H27ClN+. The van der Waals surface area contributed by atoms with Gasteiger partial charge in [0.15, 0.2) is 0 Å². The third-order valence-electron chi connectivity index (χ3n) is 5.34. The summed E-state index contributed by atoms with van der Waals surface area (Å²) in [6.07, 6.45) is 11.4. The van der Waals surface area contributed by atoms with Gasteiger partial charge in [0.25, 0.3) is 0 Å². The standard InChI is InChI=1S/C18H26ClN/c19-16-10-8-15(9-11-16)17(13-14-5-1-2-6-14)18-7-3-4-12-20-18/h8-11,14,17-18,20H,1-7,12-13H2/p+1/t17-,18-/m1/s1. The minimum absolute atomic E-state index is 0.732. The fourth-order valence-electron chi connectivity index (χ4n) is 4.21. The third kappa shape index (κ3) is 3.56. The highest BCUT2D eigenvalue weighted by atomic mass is 35.5. The molecule has 2 aliphatic rings. The predicted molar refractivity (Wildman–Crippen MR) is 85.2 cm³/mol. The van der Waals surface area contributed by atoms with Crippen LogP contribution < -0.4 is 5.32 Å². The Morgan fingerprint density at radius 3 is 2.35 bits per heavy atom. The van der Waals surface area contributed by atoms with Crippen molar-refractivity contribution in [2.75, 3.05) is 6.54 Å². The van der Waals surface area contributed by atoms with E-state index < -0.39 is 0 Å². The number of halogens is 1. The topological polar surface area (TPSA) is 16.6 Å². The van der Waals surface area contributed by atoms with Crippen LogP contribution in [0, 0.1) is 5.92 Å². The Hall–Kier alpha value is -0.530. The zero-order valence-corrected chi connectivity index (χ0v) is 13.1. The summed E-state index contributed by atoms with van der Waals surface area (Å²) in [5, 5.41) is 3.47. The number of quaternary nitrogens is 1. The lowest BCUT2D eigenvalue weighted by atomic mass is 9.80. The van der Waals surface area contributed by atoms with Crippen molar-refractivity contribution in [1.29, 1.82) is 0 Å². The molecule has 0 aromatic heterocycles. The van der Waals surface area contributed by atoms with Gasteiger partial charge in [0.2, 0.25) is 0 Å². The Bertz CT molecular complexity index is 402. The van der Waals surface area contributed by atoms with Crippen LogP contribution in [0.25, 0.3) is 0 Å². The molecule has 0 spiro atoms. The number of benzene rings is 1. The van der Waals surface area contributed by atoms with Crippen molar-refractivity contribution in [2.45, 2.75) is 63.3 Å². The van der Waals surface area contributed by atoms with Crippen molar-refractivity contribution in [3.63, 3.8) is 0 Å². The van der Waals surface area contributed by atoms with Crippen LogP contribution in [0.3, 0.4) is 0 Å². The van der Waals surface area contributed by atoms with Crippen LogP contribution in [0.15, 0.2) is 24.3 Å². The second-order valence-electron chi connectivity index (χ2n) is 6.73. The second kappa shape index (κ2) is 6.95. The molecular weight excluding hydrogens is 266 g/mol. The summed E-state index contributed by atoms with van der Waals surface area (Å²) in [7, 11) is 0. The van der Waals surface area contributed by atoms with E-state index in [0.717, 1.165) is 22.9 Å². The molecule has 3 rings (SSSR count). The molecule has 110 valence electrons. The number of hydrogen-bond donors (Lipinski definition) is 1. The average Bonchev–Trinajstić information content (AvgIpc) is 3.00. The zero-order valence-electron chi connectivity index (χ0n) is 12.4. The lowest BCUT2D eigenvalue weighted by molar-refractivity contribution is -0.700. The van der Waals surface area contributed by atoms with Gasteiger partial charge in [-0.25, -0.2) is 0 Å². The van der Waals surface area contributed by atoms with E-state index in [2.05, 4.69) is 29.6 Å². The van der Waals surface area contributed by atoms with Gasteiger partial charge in [-0.15, -0.1) is 0 Å². The van der Waals surface area contributed by atoms with Crippen LogP contribution in [0.2, 0.25) is 5.02 Å². The maximum atomic E-state index is 6.06. The molecule has 1 saturated heterocycles. The number of piperidine rings is 1. The fourth-order valence-corrected chi connectivity index (χ4v) is 4.34. The molecule has 1 aliphatic heterocycles. The van der Waals surface area contributed by atoms with Crippen LogP contribution in [0.4, 0.5) is 0 Å². The molecule has 0 unspecified atom stereocenters. The van der Waals surface area contributed by atoms with Gasteiger partial charge in [0, 0.05) is 17.4 Å². The summed E-state index contributed by atoms with van der Waals surface area (Å²) >= 11 is 6.06. The maximum absolute atomic E-state index is 6.06. The van der Waals surface area contributed by atoms with E-state index in [1.165, 1.54) is 63.5 Å². The van der Waals surface area contributed by atoms with E-state index >= 15 is 0 Å². The Morgan fingerprint density at radius 1 is 1.00 bits per heavy atom. The van der Waals surface area contributed by atoms with E-state index in [-0.39, 0.29) is 0 Å². The van der Waals surface area contributed by atoms with Crippen LogP contribution in [0.5, 0.6) is 0 Å². The van der Waals surface area contributed by atoms with Crippen LogP contribution >= 0.6 is 11.6 Å². The Labute approximate surface area is 128 Å². The molecule has 0 bridgehead atoms. The lowest BCUT2D eigenvalue weighted by Gasteiger charge is -2.30. The minimum Gasteiger partial charge on any atom is -0.343 e. The normalized spacial score (nSPS) is 25.8. The summed E-state index contributed by atoms with van der Waals surface area (Å²) in [4.78, 5) is 0. The largest absolute Gasteiger partial charge is 0.343 e. The van der Waals surface area contributed by atoms with Crippen molar-refractivity contribution >= 4 is 11.6 Å². The van der Waals surface area contributed by atoms with Gasteiger partial charge in [-0.1, -0.05) is 49.4 Å². The molecule has 0 amide bonds. The molecule has 1 saturated carbocycles. The number of nitrogens with two attached hydrogens (primary N) is 1. The predicted octanol–water partition coefficient (Wildman–Crippen LogP) is 4.12. The Kier molecular flexibility index (Phi) is 5.01. The first kappa shape index (κ1) is 14.4. The van der Waals surface area contributed by atoms with Crippen LogP contribution in [0.1, 0.15) is 62.8 Å². The SMILES string of the molecule is Clc1ccc([C@@H](CC2CCCC2)[C@H]2CCCC[NH2+]2)cc1. The van der Waals surface area contributed by atoms with Gasteiger partial charge in [0.1, 0.15) is 0 Å². The first-order valence-corrected chi connectivity index (χ1v) is 8.79. The first-order valence-electron chi connectivity index (χ1n) is 8.42. The van der Waals surface area contributed by atoms with Gasteiger partial charge in [-0.05, 0) is 42.9 Å². The van der Waals surface area contributed by atoms with E-state index in [1.807, 2.05) is 0 Å². The number of hydrogen-bond acceptors (Lipinski definition) is 0. The lowest BCUT2D eigenvalue weighted by Crippen LogP contribution is -2.92. The van der Waals surface area contributed by atoms with Crippen molar-refractivity contribution in [3.8, 4) is 0 Å². The van der Waals surface area contributed by atoms with Gasteiger partial charge in [-0.2, -0.15) is 0 Å². The van der Waals surface area contributed by atoms with Gasteiger partial charge >= 0.3 is 0 Å². The monoisotopic (exact) mass is 292 g/mol. The average molecular weight is 293 g/mol. The van der Waals surface area contributed by atoms with Crippen molar-refractivity contribution in [3.05, 3.63) is 34.9 Å². The highest BCUT2D eigenvalue weighted by Crippen LogP contribution is 2.36. The molecule has 2 heteroatoms. The summed E-state index contributed by atoms with van der Waals surface area (Å²) in [6.45, 7) is 1.32. The van der Waals surface area contributed by atoms with Crippen molar-refractivity contribution in [2.24, 2.45) is 5.92 Å². The Balaban J connectivity index is 1.75. The smallest absolute Gasteiger partial charge is 0.0928 e.